The molecule has 7 nitrogen and oxygen atoms in total. The van der Waals surface area contributed by atoms with Gasteiger partial charge < -0.3 is 25.3 Å². The van der Waals surface area contributed by atoms with Crippen LogP contribution >= 0.6 is 45.2 Å². The molecule has 0 atom stereocenters. The molecule has 2 aromatic heterocycles. The number of nitrogens with zero attached hydrogens (tertiary/aromatic N) is 2. The van der Waals surface area contributed by atoms with Gasteiger partial charge in [-0.05, 0) is 105 Å². The first-order valence-corrected chi connectivity index (χ1v) is 11.3. The molecule has 0 fully saturated rings. The zero-order valence-corrected chi connectivity index (χ0v) is 22.7. The number of aromatic carboxylic acids is 2. The molecular weight excluding hydrogens is 714 g/mol. The SMILES string of the molecule is O=C([O-])c1ccc(I)cc1.O=C([O-])c1ccc(I)cc1.[Cu+2].[OH3+].c1ccc(-c2ccccn2)nc1. The summed E-state index contributed by atoms with van der Waals surface area (Å²) >= 11 is 4.21. The Morgan fingerprint density at radius 3 is 1.15 bits per heavy atom. The zero-order chi connectivity index (χ0) is 23.3. The van der Waals surface area contributed by atoms with Crippen molar-refractivity contribution in [2.75, 3.05) is 0 Å². The largest absolute Gasteiger partial charge is 2.00 e. The van der Waals surface area contributed by atoms with Crippen molar-refractivity contribution < 1.29 is 42.3 Å². The molecule has 0 bridgehead atoms. The van der Waals surface area contributed by atoms with E-state index in [-0.39, 0.29) is 33.7 Å². The van der Waals surface area contributed by atoms with E-state index in [9.17, 15) is 19.8 Å². The van der Waals surface area contributed by atoms with Crippen LogP contribution in [0.4, 0.5) is 0 Å². The van der Waals surface area contributed by atoms with Gasteiger partial charge in [-0.3, -0.25) is 9.97 Å². The molecule has 1 radical (unpaired) electrons. The van der Waals surface area contributed by atoms with E-state index in [4.69, 9.17) is 0 Å². The van der Waals surface area contributed by atoms with Gasteiger partial charge in [0.25, 0.3) is 0 Å². The number of carbonyl (C=O) groups is 2. The van der Waals surface area contributed by atoms with Crippen LogP contribution in [-0.2, 0) is 22.5 Å². The van der Waals surface area contributed by atoms with Gasteiger partial charge in [0.2, 0.25) is 0 Å². The van der Waals surface area contributed by atoms with E-state index < -0.39 is 11.9 Å². The molecule has 0 unspecified atom stereocenters. The third kappa shape index (κ3) is 11.7. The van der Waals surface area contributed by atoms with Gasteiger partial charge in [-0.1, -0.05) is 36.4 Å². The van der Waals surface area contributed by atoms with Gasteiger partial charge in [-0.15, -0.1) is 0 Å². The van der Waals surface area contributed by atoms with Crippen LogP contribution in [0.3, 0.4) is 0 Å². The Morgan fingerprint density at radius 2 is 0.912 bits per heavy atom. The molecule has 0 aliphatic carbocycles. The maximum atomic E-state index is 10.2. The van der Waals surface area contributed by atoms with Gasteiger partial charge in [0.15, 0.2) is 0 Å². The number of aromatic nitrogens is 2. The Kier molecular flexibility index (Phi) is 15.9. The first-order chi connectivity index (χ1) is 15.4. The second kappa shape index (κ2) is 17.1. The second-order valence-electron chi connectivity index (χ2n) is 6.02. The summed E-state index contributed by atoms with van der Waals surface area (Å²) in [5.41, 5.74) is 2.28. The van der Waals surface area contributed by atoms with Gasteiger partial charge in [0, 0.05) is 19.5 Å². The predicted octanol–water partition coefficient (Wildman–Crippen LogP) is 2.53. The minimum Gasteiger partial charge on any atom is -0.545 e. The van der Waals surface area contributed by atoms with Crippen LogP contribution in [0, 0.1) is 7.14 Å². The van der Waals surface area contributed by atoms with Crippen LogP contribution in [0.15, 0.2) is 97.3 Å². The van der Waals surface area contributed by atoms with Crippen LogP contribution < -0.4 is 10.2 Å². The average molecular weight is 733 g/mol. The van der Waals surface area contributed by atoms with Crippen LogP contribution in [-0.4, -0.2) is 21.9 Å². The summed E-state index contributed by atoms with van der Waals surface area (Å²) < 4.78 is 2.03. The normalized spacial score (nSPS) is 8.88. The van der Waals surface area contributed by atoms with E-state index in [1.54, 1.807) is 36.7 Å². The van der Waals surface area contributed by atoms with E-state index in [0.29, 0.717) is 0 Å². The van der Waals surface area contributed by atoms with Gasteiger partial charge in [0.05, 0.1) is 23.3 Å². The Balaban J connectivity index is 0.000000470. The number of carbonyl (C=O) groups excluding carboxylic acids is 2. The first kappa shape index (κ1) is 31.6. The van der Waals surface area contributed by atoms with Crippen molar-refractivity contribution in [3.8, 4) is 11.4 Å². The first-order valence-electron chi connectivity index (χ1n) is 9.13. The van der Waals surface area contributed by atoms with Crippen molar-refractivity contribution in [2.24, 2.45) is 0 Å². The summed E-state index contributed by atoms with van der Waals surface area (Å²) in [5, 5.41) is 20.4. The Bertz CT molecular complexity index is 1040. The predicted molar refractivity (Wildman–Crippen MR) is 139 cm³/mol. The summed E-state index contributed by atoms with van der Waals surface area (Å²) in [4.78, 5) is 28.8. The topological polar surface area (TPSA) is 139 Å². The van der Waals surface area contributed by atoms with Crippen LogP contribution in [0.25, 0.3) is 11.4 Å². The number of halogens is 2. The van der Waals surface area contributed by atoms with E-state index in [1.165, 1.54) is 24.3 Å². The van der Waals surface area contributed by atoms with Gasteiger partial charge in [-0.25, -0.2) is 0 Å². The van der Waals surface area contributed by atoms with Crippen LogP contribution in [0.5, 0.6) is 0 Å². The van der Waals surface area contributed by atoms with Gasteiger partial charge in [0.1, 0.15) is 0 Å². The van der Waals surface area contributed by atoms with Crippen molar-refractivity contribution in [2.45, 2.75) is 0 Å². The minimum absolute atomic E-state index is 0. The molecule has 0 aliphatic heterocycles. The molecule has 10 heteroatoms. The molecule has 179 valence electrons. The fraction of sp³-hybridized carbons (Fsp3) is 0. The molecule has 3 N–H and O–H groups in total. The maximum absolute atomic E-state index is 10.2. The number of benzene rings is 2. The summed E-state index contributed by atoms with van der Waals surface area (Å²) in [6.07, 6.45) is 3.54. The average Bonchev–Trinajstić information content (AvgIpc) is 2.82. The molecule has 0 saturated carbocycles. The third-order valence-electron chi connectivity index (χ3n) is 3.75. The number of hydrogen-bond acceptors (Lipinski definition) is 6. The fourth-order valence-corrected chi connectivity index (χ4v) is 2.92. The molecule has 0 spiro atoms. The molecule has 2 heterocycles. The zero-order valence-electron chi connectivity index (χ0n) is 17.4. The number of rotatable bonds is 3. The number of hydrogen-bond donors (Lipinski definition) is 0. The molecular formula is C24H19CuI2N2O5+. The van der Waals surface area contributed by atoms with E-state index >= 15 is 0 Å². The standard InChI is InChI=1S/C10H8N2.2C7H5IO2.Cu.H2O/c1-3-7-11-9(5-1)10-6-2-4-8-12-10;2*8-6-3-1-5(2-4-6)7(9)10;;/h1-8H;2*1-4H,(H,9,10);;1H2/q;;;+2;/p-1. The Morgan fingerprint density at radius 1 is 0.588 bits per heavy atom. The number of pyridine rings is 2. The van der Waals surface area contributed by atoms with Crippen molar-refractivity contribution in [1.29, 1.82) is 0 Å². The van der Waals surface area contributed by atoms with E-state index in [2.05, 4.69) is 55.1 Å². The van der Waals surface area contributed by atoms with Crippen molar-refractivity contribution in [3.05, 3.63) is 116 Å². The summed E-state index contributed by atoms with van der Waals surface area (Å²) in [5.74, 6) is -2.26. The Hall–Kier alpha value is -2.38. The maximum Gasteiger partial charge on any atom is 2.00 e. The van der Waals surface area contributed by atoms with Gasteiger partial charge >= 0.3 is 17.1 Å². The van der Waals surface area contributed by atoms with Crippen molar-refractivity contribution >= 4 is 57.1 Å². The summed E-state index contributed by atoms with van der Waals surface area (Å²) in [6, 6.07) is 24.6. The van der Waals surface area contributed by atoms with Crippen molar-refractivity contribution in [3.63, 3.8) is 0 Å². The molecule has 2 aromatic carbocycles. The summed E-state index contributed by atoms with van der Waals surface area (Å²) in [7, 11) is 0. The third-order valence-corrected chi connectivity index (χ3v) is 5.19. The number of carboxylic acids is 2. The minimum atomic E-state index is -1.13. The van der Waals surface area contributed by atoms with Crippen LogP contribution in [0.1, 0.15) is 20.7 Å². The quantitative estimate of drug-likeness (QED) is 0.180. The monoisotopic (exact) mass is 732 g/mol. The molecule has 4 rings (SSSR count). The molecule has 0 amide bonds. The summed E-state index contributed by atoms with van der Waals surface area (Å²) in [6.45, 7) is 0. The smallest absolute Gasteiger partial charge is 0.545 e. The Labute approximate surface area is 234 Å². The molecule has 34 heavy (non-hydrogen) atoms. The molecule has 0 aliphatic rings. The fourth-order valence-electron chi connectivity index (χ4n) is 2.20. The van der Waals surface area contributed by atoms with E-state index in [1.807, 2.05) is 36.4 Å². The van der Waals surface area contributed by atoms with E-state index in [0.717, 1.165) is 18.5 Å². The number of carboxylic acid groups (broad SMARTS) is 2. The molecule has 4 aromatic rings. The van der Waals surface area contributed by atoms with Gasteiger partial charge in [-0.2, -0.15) is 0 Å². The molecule has 0 saturated heterocycles. The van der Waals surface area contributed by atoms with Crippen molar-refractivity contribution in [1.82, 2.24) is 9.97 Å². The second-order valence-corrected chi connectivity index (χ2v) is 8.51. The van der Waals surface area contributed by atoms with Crippen LogP contribution in [0.2, 0.25) is 0 Å².